The molecule has 1 aromatic carbocycles. The fraction of sp³-hybridized carbons (Fsp3) is 0.500. The minimum absolute atomic E-state index is 0.0225. The van der Waals surface area contributed by atoms with Crippen LogP contribution in [-0.4, -0.2) is 40.7 Å². The summed E-state index contributed by atoms with van der Waals surface area (Å²) in [4.78, 5) is 0. The van der Waals surface area contributed by atoms with Gasteiger partial charge >= 0.3 is 7.62 Å². The SMILES string of the molecule is COCCOC[C@@H]1O[B]N[C@@H]1c1ccccc1. The Kier molecular flexibility index (Phi) is 5.00. The minimum Gasteiger partial charge on any atom is -0.417 e. The Morgan fingerprint density at radius 3 is 2.88 bits per heavy atom. The van der Waals surface area contributed by atoms with Crippen molar-refractivity contribution in [2.75, 3.05) is 26.9 Å². The third-order valence-corrected chi connectivity index (χ3v) is 2.73. The average molecular weight is 234 g/mol. The van der Waals surface area contributed by atoms with Crippen LogP contribution in [-0.2, 0) is 14.1 Å². The molecule has 0 bridgehead atoms. The smallest absolute Gasteiger partial charge is 0.396 e. The first-order valence-electron chi connectivity index (χ1n) is 5.76. The first kappa shape index (κ1) is 12.6. The van der Waals surface area contributed by atoms with Crippen LogP contribution in [0.25, 0.3) is 0 Å². The van der Waals surface area contributed by atoms with Crippen LogP contribution in [0.5, 0.6) is 0 Å². The molecule has 1 saturated heterocycles. The summed E-state index contributed by atoms with van der Waals surface area (Å²) < 4.78 is 15.9. The van der Waals surface area contributed by atoms with E-state index in [-0.39, 0.29) is 12.1 Å². The van der Waals surface area contributed by atoms with Gasteiger partial charge in [0.25, 0.3) is 0 Å². The second-order valence-corrected chi connectivity index (χ2v) is 3.92. The molecule has 5 heteroatoms. The minimum atomic E-state index is 0.0225. The third-order valence-electron chi connectivity index (χ3n) is 2.73. The molecule has 0 aliphatic carbocycles. The van der Waals surface area contributed by atoms with Crippen LogP contribution >= 0.6 is 0 Å². The van der Waals surface area contributed by atoms with Crippen molar-refractivity contribution in [1.29, 1.82) is 0 Å². The normalized spacial score (nSPS) is 23.6. The summed E-state index contributed by atoms with van der Waals surface area (Å²) in [6.45, 7) is 1.77. The van der Waals surface area contributed by atoms with Gasteiger partial charge in [0.1, 0.15) is 0 Å². The van der Waals surface area contributed by atoms with Crippen molar-refractivity contribution >= 4 is 7.62 Å². The zero-order chi connectivity index (χ0) is 11.9. The summed E-state index contributed by atoms with van der Waals surface area (Å²) in [6.07, 6.45) is 0.0225. The molecule has 1 radical (unpaired) electrons. The standard InChI is InChI=1S/C12H17BNO3/c1-15-7-8-16-9-11-12(14-13-17-11)10-5-3-2-4-6-10/h2-6,11-12,14H,7-9H2,1H3/t11-,12+/m0/s1. The van der Waals surface area contributed by atoms with Gasteiger partial charge in [-0.15, -0.1) is 0 Å². The van der Waals surface area contributed by atoms with E-state index in [0.29, 0.717) is 19.8 Å². The lowest BCUT2D eigenvalue weighted by Crippen LogP contribution is -2.26. The quantitative estimate of drug-likeness (QED) is 0.586. The summed E-state index contributed by atoms with van der Waals surface area (Å²) in [7, 11) is 3.31. The molecule has 0 aromatic heterocycles. The van der Waals surface area contributed by atoms with E-state index in [2.05, 4.69) is 17.4 Å². The Balaban J connectivity index is 1.85. The van der Waals surface area contributed by atoms with Gasteiger partial charge in [-0.25, -0.2) is 0 Å². The van der Waals surface area contributed by atoms with Crippen molar-refractivity contribution in [2.45, 2.75) is 12.1 Å². The molecule has 1 aliphatic rings. The van der Waals surface area contributed by atoms with Crippen molar-refractivity contribution in [1.82, 2.24) is 5.23 Å². The number of rotatable bonds is 6. The van der Waals surface area contributed by atoms with E-state index in [1.165, 1.54) is 5.56 Å². The lowest BCUT2D eigenvalue weighted by Gasteiger charge is -2.19. The Morgan fingerprint density at radius 2 is 2.12 bits per heavy atom. The molecule has 1 aromatic rings. The number of methoxy groups -OCH3 is 1. The van der Waals surface area contributed by atoms with Crippen molar-refractivity contribution in [2.24, 2.45) is 0 Å². The Bertz CT molecular complexity index is 323. The van der Waals surface area contributed by atoms with Crippen LogP contribution in [0.2, 0.25) is 0 Å². The summed E-state index contributed by atoms with van der Waals surface area (Å²) in [5.74, 6) is 0. The van der Waals surface area contributed by atoms with E-state index in [9.17, 15) is 0 Å². The molecular weight excluding hydrogens is 217 g/mol. The van der Waals surface area contributed by atoms with Crippen LogP contribution in [0, 0.1) is 0 Å². The molecule has 0 unspecified atom stereocenters. The van der Waals surface area contributed by atoms with Gasteiger partial charge in [-0.3, -0.25) is 0 Å². The van der Waals surface area contributed by atoms with Gasteiger partial charge in [0.15, 0.2) is 0 Å². The fourth-order valence-corrected chi connectivity index (χ4v) is 1.83. The van der Waals surface area contributed by atoms with Crippen molar-refractivity contribution < 1.29 is 14.1 Å². The van der Waals surface area contributed by atoms with E-state index in [0.717, 1.165) is 0 Å². The van der Waals surface area contributed by atoms with E-state index in [1.807, 2.05) is 18.2 Å². The molecular formula is C12H17BNO3. The van der Waals surface area contributed by atoms with E-state index < -0.39 is 0 Å². The van der Waals surface area contributed by atoms with E-state index in [1.54, 1.807) is 14.7 Å². The van der Waals surface area contributed by atoms with Gasteiger partial charge in [0.2, 0.25) is 0 Å². The molecule has 2 atom stereocenters. The molecule has 17 heavy (non-hydrogen) atoms. The topological polar surface area (TPSA) is 39.7 Å². The van der Waals surface area contributed by atoms with Crippen molar-refractivity contribution in [3.8, 4) is 0 Å². The highest BCUT2D eigenvalue weighted by molar-refractivity contribution is 6.24. The molecule has 2 rings (SSSR count). The molecule has 1 fully saturated rings. The lowest BCUT2D eigenvalue weighted by molar-refractivity contribution is 0.0235. The van der Waals surface area contributed by atoms with Gasteiger partial charge in [-0.1, -0.05) is 30.3 Å². The first-order valence-corrected chi connectivity index (χ1v) is 5.76. The summed E-state index contributed by atoms with van der Waals surface area (Å²) in [5.41, 5.74) is 1.21. The summed E-state index contributed by atoms with van der Waals surface area (Å²) in [5, 5.41) is 3.21. The predicted octanol–water partition coefficient (Wildman–Crippen LogP) is 0.913. The van der Waals surface area contributed by atoms with Gasteiger partial charge in [-0.05, 0) is 5.56 Å². The van der Waals surface area contributed by atoms with Crippen LogP contribution in [0.3, 0.4) is 0 Å². The lowest BCUT2D eigenvalue weighted by atomic mass is 10.0. The molecule has 91 valence electrons. The van der Waals surface area contributed by atoms with Crippen LogP contribution in [0.15, 0.2) is 30.3 Å². The van der Waals surface area contributed by atoms with Crippen LogP contribution < -0.4 is 5.23 Å². The van der Waals surface area contributed by atoms with Crippen molar-refractivity contribution in [3.63, 3.8) is 0 Å². The zero-order valence-electron chi connectivity index (χ0n) is 9.96. The third kappa shape index (κ3) is 3.54. The molecule has 4 nitrogen and oxygen atoms in total. The largest absolute Gasteiger partial charge is 0.417 e. The molecule has 0 saturated carbocycles. The maximum Gasteiger partial charge on any atom is 0.396 e. The van der Waals surface area contributed by atoms with Gasteiger partial charge < -0.3 is 19.4 Å². The number of hydrogen-bond donors (Lipinski definition) is 1. The summed E-state index contributed by atoms with van der Waals surface area (Å²) >= 11 is 0. The van der Waals surface area contributed by atoms with Gasteiger partial charge in [0, 0.05) is 7.11 Å². The number of ether oxygens (including phenoxy) is 2. The Morgan fingerprint density at radius 1 is 1.29 bits per heavy atom. The summed E-state index contributed by atoms with van der Waals surface area (Å²) in [6, 6.07) is 10.4. The van der Waals surface area contributed by atoms with E-state index >= 15 is 0 Å². The fourth-order valence-electron chi connectivity index (χ4n) is 1.83. The zero-order valence-corrected chi connectivity index (χ0v) is 9.96. The van der Waals surface area contributed by atoms with Gasteiger partial charge in [-0.2, -0.15) is 0 Å². The molecule has 1 aliphatic heterocycles. The Labute approximate surface area is 103 Å². The van der Waals surface area contributed by atoms with Crippen molar-refractivity contribution in [3.05, 3.63) is 35.9 Å². The maximum absolute atomic E-state index is 5.50. The first-order chi connectivity index (χ1) is 8.42. The van der Waals surface area contributed by atoms with Crippen LogP contribution in [0.1, 0.15) is 11.6 Å². The number of benzene rings is 1. The van der Waals surface area contributed by atoms with E-state index in [4.69, 9.17) is 14.1 Å². The predicted molar refractivity (Wildman–Crippen MR) is 65.6 cm³/mol. The molecule has 0 amide bonds. The Hall–Kier alpha value is -0.875. The second kappa shape index (κ2) is 6.76. The molecule has 0 spiro atoms. The average Bonchev–Trinajstić information content (AvgIpc) is 2.84. The van der Waals surface area contributed by atoms with Crippen LogP contribution in [0.4, 0.5) is 0 Å². The maximum atomic E-state index is 5.50. The molecule has 1 heterocycles. The monoisotopic (exact) mass is 234 g/mol. The number of hydrogen-bond acceptors (Lipinski definition) is 4. The highest BCUT2D eigenvalue weighted by Gasteiger charge is 2.29. The highest BCUT2D eigenvalue weighted by atomic mass is 16.5. The van der Waals surface area contributed by atoms with Gasteiger partial charge in [0.05, 0.1) is 32.0 Å². The molecule has 1 N–H and O–H groups in total. The number of nitrogens with one attached hydrogen (secondary N) is 1. The second-order valence-electron chi connectivity index (χ2n) is 3.92. The highest BCUT2D eigenvalue weighted by Crippen LogP contribution is 2.22.